The van der Waals surface area contributed by atoms with E-state index in [0.29, 0.717) is 12.0 Å². The van der Waals surface area contributed by atoms with Gasteiger partial charge in [-0.05, 0) is 26.3 Å². The number of rotatable bonds is 9. The van der Waals surface area contributed by atoms with Crippen LogP contribution in [0.15, 0.2) is 4.99 Å². The van der Waals surface area contributed by atoms with Crippen molar-refractivity contribution < 1.29 is 0 Å². The average molecular weight is 326 g/mol. The largest absolute Gasteiger partial charge is 0.357 e. The Hall–Kier alpha value is -0.810. The Morgan fingerprint density at radius 2 is 1.65 bits per heavy atom. The molecule has 2 N–H and O–H groups in total. The van der Waals surface area contributed by atoms with E-state index in [9.17, 15) is 0 Å². The Morgan fingerprint density at radius 3 is 2.17 bits per heavy atom. The molecule has 0 saturated carbocycles. The molecular weight excluding hydrogens is 286 g/mol. The Morgan fingerprint density at radius 1 is 1.00 bits per heavy atom. The van der Waals surface area contributed by atoms with Crippen LogP contribution in [0.5, 0.6) is 0 Å². The Balaban J connectivity index is 2.40. The molecule has 0 amide bonds. The van der Waals surface area contributed by atoms with Gasteiger partial charge in [-0.3, -0.25) is 9.89 Å². The van der Waals surface area contributed by atoms with Gasteiger partial charge in [0.1, 0.15) is 0 Å². The van der Waals surface area contributed by atoms with E-state index >= 15 is 0 Å². The zero-order chi connectivity index (χ0) is 17.1. The first kappa shape index (κ1) is 20.2. The summed E-state index contributed by atoms with van der Waals surface area (Å²) in [7, 11) is 0. The minimum absolute atomic E-state index is 0.547. The molecule has 0 radical (unpaired) electrons. The predicted octanol–water partition coefficient (Wildman–Crippen LogP) is 2.00. The number of likely N-dealkylation sites (N-methyl/N-ethyl adjacent to an activating group) is 1. The number of nitrogens with zero attached hydrogens (tertiary/aromatic N) is 3. The third-order valence-electron chi connectivity index (χ3n) is 5.05. The molecule has 1 atom stereocenters. The Kier molecular flexibility index (Phi) is 10.3. The van der Waals surface area contributed by atoms with Crippen LogP contribution < -0.4 is 10.6 Å². The van der Waals surface area contributed by atoms with Gasteiger partial charge in [0.05, 0.1) is 0 Å². The molecule has 0 spiro atoms. The summed E-state index contributed by atoms with van der Waals surface area (Å²) in [6.45, 7) is 19.9. The molecule has 1 aliphatic heterocycles. The standard InChI is InChI=1S/C18H39N5/c1-6-17(7-2)15-21-18(19-8-3)20-14-16(5)23-12-10-22(9-4)11-13-23/h16-17H,6-15H2,1-5H3,(H2,19,20,21). The van der Waals surface area contributed by atoms with Crippen LogP contribution in [0.3, 0.4) is 0 Å². The number of hydrogen-bond donors (Lipinski definition) is 2. The van der Waals surface area contributed by atoms with Gasteiger partial charge in [-0.25, -0.2) is 0 Å². The van der Waals surface area contributed by atoms with E-state index in [1.807, 2.05) is 0 Å². The molecule has 1 saturated heterocycles. The molecule has 0 bridgehead atoms. The lowest BCUT2D eigenvalue weighted by molar-refractivity contribution is 0.107. The van der Waals surface area contributed by atoms with Gasteiger partial charge in [0, 0.05) is 51.9 Å². The fourth-order valence-corrected chi connectivity index (χ4v) is 3.00. The normalized spacial score (nSPS) is 19.1. The lowest BCUT2D eigenvalue weighted by Gasteiger charge is -2.37. The van der Waals surface area contributed by atoms with Gasteiger partial charge >= 0.3 is 0 Å². The molecule has 0 aromatic heterocycles. The minimum atomic E-state index is 0.547. The number of guanidine groups is 1. The predicted molar refractivity (Wildman–Crippen MR) is 101 cm³/mol. The number of piperazine rings is 1. The monoisotopic (exact) mass is 325 g/mol. The van der Waals surface area contributed by atoms with E-state index in [-0.39, 0.29) is 0 Å². The quantitative estimate of drug-likeness (QED) is 0.503. The maximum atomic E-state index is 4.77. The highest BCUT2D eigenvalue weighted by Gasteiger charge is 2.20. The van der Waals surface area contributed by atoms with Crippen molar-refractivity contribution in [2.75, 3.05) is 52.4 Å². The molecule has 0 aromatic carbocycles. The topological polar surface area (TPSA) is 42.9 Å². The zero-order valence-corrected chi connectivity index (χ0v) is 16.1. The van der Waals surface area contributed by atoms with Crippen molar-refractivity contribution >= 4 is 5.96 Å². The van der Waals surface area contributed by atoms with E-state index in [2.05, 4.69) is 55.1 Å². The highest BCUT2D eigenvalue weighted by Crippen LogP contribution is 2.07. The molecule has 1 fully saturated rings. The second-order valence-electron chi connectivity index (χ2n) is 6.60. The fourth-order valence-electron chi connectivity index (χ4n) is 3.00. The van der Waals surface area contributed by atoms with Gasteiger partial charge in [-0.1, -0.05) is 33.6 Å². The van der Waals surface area contributed by atoms with Crippen LogP contribution in [0.25, 0.3) is 0 Å². The average Bonchev–Trinajstić information content (AvgIpc) is 2.60. The lowest BCUT2D eigenvalue weighted by Crippen LogP contribution is -2.53. The maximum Gasteiger partial charge on any atom is 0.191 e. The summed E-state index contributed by atoms with van der Waals surface area (Å²) in [6, 6.07) is 0.547. The molecule has 0 aliphatic carbocycles. The van der Waals surface area contributed by atoms with Crippen LogP contribution in [-0.4, -0.2) is 74.2 Å². The number of aliphatic imine (C=N–C) groups is 1. The summed E-state index contributed by atoms with van der Waals surface area (Å²) in [5.74, 6) is 1.67. The summed E-state index contributed by atoms with van der Waals surface area (Å²) in [5.41, 5.74) is 0. The molecule has 1 unspecified atom stereocenters. The number of hydrogen-bond acceptors (Lipinski definition) is 3. The van der Waals surface area contributed by atoms with Crippen LogP contribution >= 0.6 is 0 Å². The van der Waals surface area contributed by atoms with Crippen molar-refractivity contribution in [3.8, 4) is 0 Å². The van der Waals surface area contributed by atoms with E-state index in [0.717, 1.165) is 25.6 Å². The van der Waals surface area contributed by atoms with Gasteiger partial charge in [0.2, 0.25) is 0 Å². The second kappa shape index (κ2) is 11.7. The van der Waals surface area contributed by atoms with Gasteiger partial charge in [-0.15, -0.1) is 0 Å². The maximum absolute atomic E-state index is 4.77. The van der Waals surface area contributed by atoms with Crippen LogP contribution in [0.1, 0.15) is 47.5 Å². The molecule has 1 heterocycles. The summed E-state index contributed by atoms with van der Waals surface area (Å²) in [4.78, 5) is 9.88. The van der Waals surface area contributed by atoms with Crippen molar-refractivity contribution in [3.63, 3.8) is 0 Å². The van der Waals surface area contributed by atoms with Crippen LogP contribution in [-0.2, 0) is 0 Å². The van der Waals surface area contributed by atoms with Gasteiger partial charge in [0.25, 0.3) is 0 Å². The summed E-state index contributed by atoms with van der Waals surface area (Å²) < 4.78 is 0. The molecule has 0 aromatic rings. The highest BCUT2D eigenvalue weighted by molar-refractivity contribution is 5.79. The Labute approximate surface area is 143 Å². The van der Waals surface area contributed by atoms with Gasteiger partial charge in [0.15, 0.2) is 5.96 Å². The molecule has 1 rings (SSSR count). The molecule has 136 valence electrons. The number of nitrogens with one attached hydrogen (secondary N) is 2. The van der Waals surface area contributed by atoms with E-state index in [4.69, 9.17) is 4.99 Å². The molecule has 5 heteroatoms. The van der Waals surface area contributed by atoms with Gasteiger partial charge < -0.3 is 15.5 Å². The molecular formula is C18H39N5. The minimum Gasteiger partial charge on any atom is -0.357 e. The summed E-state index contributed by atoms with van der Waals surface area (Å²) in [6.07, 6.45) is 2.41. The smallest absolute Gasteiger partial charge is 0.191 e. The summed E-state index contributed by atoms with van der Waals surface area (Å²) >= 11 is 0. The molecule has 23 heavy (non-hydrogen) atoms. The van der Waals surface area contributed by atoms with Crippen molar-refractivity contribution in [2.24, 2.45) is 10.9 Å². The third-order valence-corrected chi connectivity index (χ3v) is 5.05. The second-order valence-corrected chi connectivity index (χ2v) is 6.60. The SMILES string of the molecule is CCNC(=NCC(CC)CC)NCC(C)N1CCN(CC)CC1. The van der Waals surface area contributed by atoms with Crippen LogP contribution in [0.4, 0.5) is 0 Å². The first-order chi connectivity index (χ1) is 11.1. The zero-order valence-electron chi connectivity index (χ0n) is 16.1. The van der Waals surface area contributed by atoms with Gasteiger partial charge in [-0.2, -0.15) is 0 Å². The fraction of sp³-hybridized carbons (Fsp3) is 0.944. The van der Waals surface area contributed by atoms with Crippen molar-refractivity contribution in [3.05, 3.63) is 0 Å². The highest BCUT2D eigenvalue weighted by atomic mass is 15.3. The first-order valence-electron chi connectivity index (χ1n) is 9.63. The lowest BCUT2D eigenvalue weighted by atomic mass is 10.0. The Bertz CT molecular complexity index is 319. The van der Waals surface area contributed by atoms with Crippen LogP contribution in [0.2, 0.25) is 0 Å². The van der Waals surface area contributed by atoms with Crippen LogP contribution in [0, 0.1) is 5.92 Å². The van der Waals surface area contributed by atoms with Crippen molar-refractivity contribution in [1.82, 2.24) is 20.4 Å². The first-order valence-corrected chi connectivity index (χ1v) is 9.63. The van der Waals surface area contributed by atoms with E-state index in [1.54, 1.807) is 0 Å². The summed E-state index contributed by atoms with van der Waals surface area (Å²) in [5, 5.41) is 6.90. The van der Waals surface area contributed by atoms with Crippen molar-refractivity contribution in [1.29, 1.82) is 0 Å². The third kappa shape index (κ3) is 7.53. The van der Waals surface area contributed by atoms with Crippen molar-refractivity contribution in [2.45, 2.75) is 53.5 Å². The molecule has 1 aliphatic rings. The van der Waals surface area contributed by atoms with E-state index in [1.165, 1.54) is 45.6 Å². The van der Waals surface area contributed by atoms with E-state index < -0.39 is 0 Å². The molecule has 5 nitrogen and oxygen atoms in total.